The molecule has 2 aromatic rings. The van der Waals surface area contributed by atoms with Gasteiger partial charge in [0, 0.05) is 35.9 Å². The Morgan fingerprint density at radius 2 is 1.72 bits per heavy atom. The summed E-state index contributed by atoms with van der Waals surface area (Å²) in [7, 11) is 0. The van der Waals surface area contributed by atoms with Crippen molar-refractivity contribution < 1.29 is 19.5 Å². The number of anilines is 1. The van der Waals surface area contributed by atoms with Crippen molar-refractivity contribution in [2.24, 2.45) is 23.5 Å². The summed E-state index contributed by atoms with van der Waals surface area (Å²) >= 11 is 0. The first-order valence-corrected chi connectivity index (χ1v) is 11.4. The second-order valence-electron chi connectivity index (χ2n) is 9.46. The van der Waals surface area contributed by atoms with E-state index in [9.17, 15) is 19.5 Å². The number of carboxylic acid groups (broad SMARTS) is 1. The summed E-state index contributed by atoms with van der Waals surface area (Å²) in [5, 5.41) is 12.9. The molecule has 0 saturated heterocycles. The van der Waals surface area contributed by atoms with Crippen molar-refractivity contribution in [2.45, 2.75) is 49.6 Å². The summed E-state index contributed by atoms with van der Waals surface area (Å²) in [5.41, 5.74) is 8.61. The van der Waals surface area contributed by atoms with Gasteiger partial charge in [0.25, 0.3) is 0 Å². The number of ketones is 2. The van der Waals surface area contributed by atoms with Crippen LogP contribution in [0.3, 0.4) is 0 Å². The van der Waals surface area contributed by atoms with Gasteiger partial charge in [0.1, 0.15) is 17.6 Å². The lowest BCUT2D eigenvalue weighted by atomic mass is 9.68. The highest BCUT2D eigenvalue weighted by atomic mass is 16.4. The van der Waals surface area contributed by atoms with Crippen molar-refractivity contribution in [2.75, 3.05) is 5.32 Å². The van der Waals surface area contributed by atoms with E-state index in [2.05, 4.69) is 17.4 Å². The van der Waals surface area contributed by atoms with Gasteiger partial charge in [0.15, 0.2) is 0 Å². The zero-order valence-corrected chi connectivity index (χ0v) is 17.8. The number of para-hydroxylation sites is 1. The fourth-order valence-electron chi connectivity index (χ4n) is 5.89. The quantitative estimate of drug-likeness (QED) is 0.619. The molecule has 6 heteroatoms. The molecule has 2 aliphatic carbocycles. The van der Waals surface area contributed by atoms with Crippen LogP contribution in [0.2, 0.25) is 0 Å². The Morgan fingerprint density at radius 1 is 1.03 bits per heavy atom. The van der Waals surface area contributed by atoms with Gasteiger partial charge in [0.05, 0.1) is 5.92 Å². The maximum absolute atomic E-state index is 13.6. The number of benzene rings is 2. The lowest BCUT2D eigenvalue weighted by molar-refractivity contribution is -0.140. The van der Waals surface area contributed by atoms with Crippen molar-refractivity contribution in [1.29, 1.82) is 0 Å². The van der Waals surface area contributed by atoms with Crippen LogP contribution >= 0.6 is 0 Å². The number of Topliss-reactive ketones (excluding diaryl/α,β-unsaturated/α-hetero) is 2. The van der Waals surface area contributed by atoms with Crippen molar-refractivity contribution in [3.63, 3.8) is 0 Å². The van der Waals surface area contributed by atoms with E-state index in [1.54, 1.807) is 0 Å². The monoisotopic (exact) mass is 432 g/mol. The first-order valence-electron chi connectivity index (χ1n) is 11.4. The third-order valence-corrected chi connectivity index (χ3v) is 7.46. The van der Waals surface area contributed by atoms with Gasteiger partial charge in [-0.3, -0.25) is 14.4 Å². The normalized spacial score (nSPS) is 29.3. The minimum absolute atomic E-state index is 0.0298. The van der Waals surface area contributed by atoms with Crippen LogP contribution < -0.4 is 11.1 Å². The summed E-state index contributed by atoms with van der Waals surface area (Å²) in [6, 6.07) is 16.5. The maximum atomic E-state index is 13.6. The van der Waals surface area contributed by atoms with Crippen molar-refractivity contribution in [1.82, 2.24) is 0 Å². The molecule has 0 amide bonds. The summed E-state index contributed by atoms with van der Waals surface area (Å²) < 4.78 is 0. The van der Waals surface area contributed by atoms with Gasteiger partial charge in [0.2, 0.25) is 0 Å². The molecule has 1 heterocycles. The van der Waals surface area contributed by atoms with E-state index in [1.807, 2.05) is 42.5 Å². The average molecular weight is 433 g/mol. The summed E-state index contributed by atoms with van der Waals surface area (Å²) in [6.45, 7) is 0. The van der Waals surface area contributed by atoms with Crippen LogP contribution in [-0.4, -0.2) is 34.7 Å². The van der Waals surface area contributed by atoms with Gasteiger partial charge in [-0.1, -0.05) is 48.5 Å². The van der Waals surface area contributed by atoms with E-state index in [0.29, 0.717) is 0 Å². The lowest BCUT2D eigenvalue weighted by Gasteiger charge is -2.39. The lowest BCUT2D eigenvalue weighted by Crippen LogP contribution is -2.44. The molecule has 3 aliphatic rings. The number of hydrogen-bond donors (Lipinski definition) is 3. The first kappa shape index (κ1) is 20.9. The largest absolute Gasteiger partial charge is 0.480 e. The Balaban J connectivity index is 1.58. The van der Waals surface area contributed by atoms with Crippen LogP contribution in [0.25, 0.3) is 0 Å². The van der Waals surface area contributed by atoms with Crippen LogP contribution in [0.1, 0.15) is 48.6 Å². The molecule has 4 N–H and O–H groups in total. The number of fused-ring (bicyclic) bond motifs is 2. The molecule has 4 unspecified atom stereocenters. The SMILES string of the molecule is NC(CC(=O)C1c2ccccc2N[C@@H]2CC(c3ccccc3)C(C(=O)C3CC3)[C@H]12)C(=O)O. The van der Waals surface area contributed by atoms with E-state index in [-0.39, 0.29) is 47.7 Å². The Kier molecular flexibility index (Phi) is 5.33. The minimum atomic E-state index is -1.24. The Hall–Kier alpha value is -2.99. The number of hydrogen-bond acceptors (Lipinski definition) is 5. The Labute approximate surface area is 187 Å². The predicted octanol–water partition coefficient (Wildman–Crippen LogP) is 3.33. The topological polar surface area (TPSA) is 109 Å². The molecule has 1 aliphatic heterocycles. The smallest absolute Gasteiger partial charge is 0.320 e. The molecule has 2 aromatic carbocycles. The zero-order valence-electron chi connectivity index (χ0n) is 17.8. The molecule has 6 atom stereocenters. The van der Waals surface area contributed by atoms with Crippen LogP contribution in [-0.2, 0) is 14.4 Å². The molecule has 0 aromatic heterocycles. The molecule has 166 valence electrons. The van der Waals surface area contributed by atoms with Crippen molar-refractivity contribution >= 4 is 23.2 Å². The predicted molar refractivity (Wildman–Crippen MR) is 120 cm³/mol. The number of carbonyl (C=O) groups is 3. The zero-order chi connectivity index (χ0) is 22.4. The number of rotatable bonds is 7. The highest BCUT2D eigenvalue weighted by molar-refractivity contribution is 5.94. The van der Waals surface area contributed by atoms with Gasteiger partial charge in [-0.25, -0.2) is 0 Å². The van der Waals surface area contributed by atoms with Gasteiger partial charge < -0.3 is 16.2 Å². The molecule has 2 saturated carbocycles. The molecule has 5 rings (SSSR count). The van der Waals surface area contributed by atoms with Crippen molar-refractivity contribution in [3.8, 4) is 0 Å². The van der Waals surface area contributed by atoms with Crippen LogP contribution in [0.5, 0.6) is 0 Å². The van der Waals surface area contributed by atoms with E-state index < -0.39 is 17.9 Å². The molecular weight excluding hydrogens is 404 g/mol. The number of nitrogens with two attached hydrogens (primary N) is 1. The average Bonchev–Trinajstić information content (AvgIpc) is 3.58. The second kappa shape index (κ2) is 8.17. The van der Waals surface area contributed by atoms with Crippen LogP contribution in [0.15, 0.2) is 54.6 Å². The highest BCUT2D eigenvalue weighted by Gasteiger charge is 2.56. The summed E-state index contributed by atoms with van der Waals surface area (Å²) in [5.74, 6) is -2.02. The van der Waals surface area contributed by atoms with Gasteiger partial charge in [-0.05, 0) is 42.4 Å². The fraction of sp³-hybridized carbons (Fsp3) is 0.423. The number of aliphatic carboxylic acids is 1. The third-order valence-electron chi connectivity index (χ3n) is 7.46. The van der Waals surface area contributed by atoms with Gasteiger partial charge in [-0.15, -0.1) is 0 Å². The highest BCUT2D eigenvalue weighted by Crippen LogP contribution is 2.56. The number of nitrogens with one attached hydrogen (secondary N) is 1. The second-order valence-corrected chi connectivity index (χ2v) is 9.46. The molecule has 32 heavy (non-hydrogen) atoms. The Morgan fingerprint density at radius 3 is 2.41 bits per heavy atom. The fourth-order valence-corrected chi connectivity index (χ4v) is 5.89. The third kappa shape index (κ3) is 3.62. The molecule has 2 fully saturated rings. The van der Waals surface area contributed by atoms with Crippen molar-refractivity contribution in [3.05, 3.63) is 65.7 Å². The van der Waals surface area contributed by atoms with Crippen LogP contribution in [0, 0.1) is 17.8 Å². The van der Waals surface area contributed by atoms with E-state index in [1.165, 1.54) is 0 Å². The van der Waals surface area contributed by atoms with Crippen LogP contribution in [0.4, 0.5) is 5.69 Å². The molecule has 0 radical (unpaired) electrons. The summed E-state index contributed by atoms with van der Waals surface area (Å²) in [4.78, 5) is 38.5. The molecule has 6 nitrogen and oxygen atoms in total. The van der Waals surface area contributed by atoms with E-state index in [4.69, 9.17) is 5.73 Å². The minimum Gasteiger partial charge on any atom is -0.480 e. The molecular formula is C26H28N2O4. The number of carbonyl (C=O) groups excluding carboxylic acids is 2. The van der Waals surface area contributed by atoms with Gasteiger partial charge in [-0.2, -0.15) is 0 Å². The Bertz CT molecular complexity index is 1050. The van der Waals surface area contributed by atoms with E-state index >= 15 is 0 Å². The van der Waals surface area contributed by atoms with E-state index in [0.717, 1.165) is 36.1 Å². The maximum Gasteiger partial charge on any atom is 0.320 e. The van der Waals surface area contributed by atoms with Gasteiger partial charge >= 0.3 is 5.97 Å². The molecule has 0 spiro atoms. The first-order chi connectivity index (χ1) is 15.5. The number of carboxylic acids is 1. The molecule has 0 bridgehead atoms. The standard InChI is InChI=1S/C26H28N2O4/c27-18(26(31)32)13-21(29)22-16-8-4-5-9-19(16)28-20-12-17(14-6-2-1-3-7-14)23(24(20)22)25(30)15-10-11-15/h1-9,15,17-18,20,22-24,28H,10-13,27H2,(H,31,32)/t17?,18?,20-,22?,23?,24+/m1/s1. The summed E-state index contributed by atoms with van der Waals surface area (Å²) in [6.07, 6.45) is 2.36.